The first-order valence-electron chi connectivity index (χ1n) is 6.94. The summed E-state index contributed by atoms with van der Waals surface area (Å²) in [5, 5.41) is 0. The first kappa shape index (κ1) is 15.5. The average molecular weight is 326 g/mol. The maximum absolute atomic E-state index is 13.1. The third kappa shape index (κ3) is 2.94. The number of esters is 1. The highest BCUT2D eigenvalue weighted by molar-refractivity contribution is 5.89. The third-order valence-electron chi connectivity index (χ3n) is 3.41. The number of halogens is 3. The van der Waals surface area contributed by atoms with Gasteiger partial charge in [-0.1, -0.05) is 6.08 Å². The number of hydrogen-bond acceptors (Lipinski definition) is 4. The maximum Gasteiger partial charge on any atom is 0.417 e. The van der Waals surface area contributed by atoms with E-state index in [1.807, 2.05) is 0 Å². The van der Waals surface area contributed by atoms with Crippen LogP contribution < -0.4 is 0 Å². The van der Waals surface area contributed by atoms with Crippen molar-refractivity contribution < 1.29 is 27.4 Å². The molecular formula is C15H13F3N2O3. The fourth-order valence-corrected chi connectivity index (χ4v) is 2.37. The van der Waals surface area contributed by atoms with Crippen LogP contribution in [0.1, 0.15) is 28.5 Å². The van der Waals surface area contributed by atoms with Crippen LogP contribution in [0.4, 0.5) is 13.2 Å². The molecule has 3 rings (SSSR count). The Labute approximate surface area is 129 Å². The largest absolute Gasteiger partial charge is 0.461 e. The zero-order valence-electron chi connectivity index (χ0n) is 12.2. The van der Waals surface area contributed by atoms with Crippen LogP contribution in [-0.4, -0.2) is 35.2 Å². The van der Waals surface area contributed by atoms with Crippen molar-refractivity contribution in [3.63, 3.8) is 0 Å². The number of carbonyl (C=O) groups excluding carboxylic acids is 1. The van der Waals surface area contributed by atoms with E-state index in [1.54, 1.807) is 13.0 Å². The number of rotatable bonds is 3. The van der Waals surface area contributed by atoms with Gasteiger partial charge in [-0.05, 0) is 18.6 Å². The maximum atomic E-state index is 13.1. The Morgan fingerprint density at radius 3 is 2.83 bits per heavy atom. The van der Waals surface area contributed by atoms with E-state index in [0.717, 1.165) is 12.3 Å². The van der Waals surface area contributed by atoms with E-state index in [0.29, 0.717) is 17.7 Å². The van der Waals surface area contributed by atoms with Crippen molar-refractivity contribution in [3.8, 4) is 0 Å². The molecule has 0 aromatic carbocycles. The molecule has 0 aliphatic carbocycles. The predicted molar refractivity (Wildman–Crippen MR) is 74.9 cm³/mol. The fraction of sp³-hybridized carbons (Fsp3) is 0.333. The molecule has 0 saturated heterocycles. The SMILES string of the molecule is CCOC(=O)c1cn2cc(C(F)(F)F)cc(C3=CCOC3)c2n1. The Kier molecular flexibility index (Phi) is 3.85. The Balaban J connectivity index is 2.19. The molecule has 0 amide bonds. The minimum Gasteiger partial charge on any atom is -0.461 e. The van der Waals surface area contributed by atoms with Crippen LogP contribution in [0.5, 0.6) is 0 Å². The van der Waals surface area contributed by atoms with Crippen molar-refractivity contribution in [2.45, 2.75) is 13.1 Å². The topological polar surface area (TPSA) is 52.8 Å². The smallest absolute Gasteiger partial charge is 0.417 e. The van der Waals surface area contributed by atoms with Gasteiger partial charge in [0.05, 0.1) is 25.4 Å². The lowest BCUT2D eigenvalue weighted by atomic mass is 10.1. The summed E-state index contributed by atoms with van der Waals surface area (Å²) in [4.78, 5) is 15.9. The molecule has 0 saturated carbocycles. The summed E-state index contributed by atoms with van der Waals surface area (Å²) in [5.74, 6) is -0.674. The first-order chi connectivity index (χ1) is 10.9. The molecule has 1 aliphatic rings. The molecule has 0 unspecified atom stereocenters. The van der Waals surface area contributed by atoms with Crippen molar-refractivity contribution >= 4 is 17.2 Å². The highest BCUT2D eigenvalue weighted by atomic mass is 19.4. The summed E-state index contributed by atoms with van der Waals surface area (Å²) in [7, 11) is 0. The monoisotopic (exact) mass is 326 g/mol. The van der Waals surface area contributed by atoms with Crippen LogP contribution in [0.3, 0.4) is 0 Å². The van der Waals surface area contributed by atoms with E-state index in [2.05, 4.69) is 4.98 Å². The normalized spacial score (nSPS) is 15.0. The average Bonchev–Trinajstić information content (AvgIpc) is 3.14. The van der Waals surface area contributed by atoms with Crippen LogP contribution >= 0.6 is 0 Å². The lowest BCUT2D eigenvalue weighted by molar-refractivity contribution is -0.137. The molecule has 0 N–H and O–H groups in total. The molecule has 3 heterocycles. The van der Waals surface area contributed by atoms with Gasteiger partial charge < -0.3 is 13.9 Å². The first-order valence-corrected chi connectivity index (χ1v) is 6.94. The number of aromatic nitrogens is 2. The minimum absolute atomic E-state index is 0.0352. The number of alkyl halides is 3. The molecule has 0 radical (unpaired) electrons. The summed E-state index contributed by atoms with van der Waals surface area (Å²) in [5.41, 5.74) is 0.320. The van der Waals surface area contributed by atoms with Gasteiger partial charge in [-0.3, -0.25) is 0 Å². The zero-order valence-corrected chi connectivity index (χ0v) is 12.2. The van der Waals surface area contributed by atoms with Crippen LogP contribution in [0, 0.1) is 0 Å². The van der Waals surface area contributed by atoms with E-state index in [-0.39, 0.29) is 24.6 Å². The Hall–Kier alpha value is -2.35. The Morgan fingerprint density at radius 2 is 2.22 bits per heavy atom. The molecule has 0 fully saturated rings. The molecule has 0 spiro atoms. The molecule has 0 atom stereocenters. The van der Waals surface area contributed by atoms with Gasteiger partial charge in [-0.15, -0.1) is 0 Å². The lowest BCUT2D eigenvalue weighted by Crippen LogP contribution is -2.08. The summed E-state index contributed by atoms with van der Waals surface area (Å²) >= 11 is 0. The number of imidazole rings is 1. The van der Waals surface area contributed by atoms with Crippen LogP contribution in [0.15, 0.2) is 24.5 Å². The Bertz CT molecular complexity index is 793. The van der Waals surface area contributed by atoms with Gasteiger partial charge in [0.2, 0.25) is 0 Å². The van der Waals surface area contributed by atoms with E-state index in [4.69, 9.17) is 9.47 Å². The van der Waals surface area contributed by atoms with Crippen molar-refractivity contribution in [2.24, 2.45) is 0 Å². The summed E-state index contributed by atoms with van der Waals surface area (Å²) < 4.78 is 50.5. The molecule has 8 heteroatoms. The second-order valence-electron chi connectivity index (χ2n) is 4.96. The van der Waals surface area contributed by atoms with Crippen molar-refractivity contribution in [2.75, 3.05) is 19.8 Å². The predicted octanol–water partition coefficient (Wildman–Crippen LogP) is 2.94. The van der Waals surface area contributed by atoms with Gasteiger partial charge in [0.25, 0.3) is 0 Å². The van der Waals surface area contributed by atoms with Crippen LogP contribution in [0.25, 0.3) is 11.2 Å². The molecular weight excluding hydrogens is 313 g/mol. The second-order valence-corrected chi connectivity index (χ2v) is 4.96. The molecule has 2 aromatic heterocycles. The van der Waals surface area contributed by atoms with E-state index in [9.17, 15) is 18.0 Å². The van der Waals surface area contributed by atoms with Gasteiger partial charge in [-0.25, -0.2) is 9.78 Å². The third-order valence-corrected chi connectivity index (χ3v) is 3.41. The van der Waals surface area contributed by atoms with Gasteiger partial charge in [0, 0.05) is 18.0 Å². The van der Waals surface area contributed by atoms with Gasteiger partial charge in [-0.2, -0.15) is 13.2 Å². The number of ether oxygens (including phenoxy) is 2. The molecule has 2 aromatic rings. The number of nitrogens with zero attached hydrogens (tertiary/aromatic N) is 2. The number of carbonyl (C=O) groups is 1. The standard InChI is InChI=1S/C15H13F3N2O3/c1-2-23-14(21)12-7-20-6-10(15(16,17)18)5-11(13(20)19-12)9-3-4-22-8-9/h3,5-7H,2,4,8H2,1H3. The van der Waals surface area contributed by atoms with Crippen molar-refractivity contribution in [1.82, 2.24) is 9.38 Å². The van der Waals surface area contributed by atoms with E-state index >= 15 is 0 Å². The van der Waals surface area contributed by atoms with E-state index < -0.39 is 17.7 Å². The summed E-state index contributed by atoms with van der Waals surface area (Å²) in [6.45, 7) is 2.34. The number of hydrogen-bond donors (Lipinski definition) is 0. The van der Waals surface area contributed by atoms with Crippen LogP contribution in [0.2, 0.25) is 0 Å². The van der Waals surface area contributed by atoms with Crippen LogP contribution in [-0.2, 0) is 15.7 Å². The number of fused-ring (bicyclic) bond motifs is 1. The lowest BCUT2D eigenvalue weighted by Gasteiger charge is -2.11. The zero-order chi connectivity index (χ0) is 16.6. The minimum atomic E-state index is -4.50. The summed E-state index contributed by atoms with van der Waals surface area (Å²) in [6, 6.07) is 1.03. The molecule has 5 nitrogen and oxygen atoms in total. The fourth-order valence-electron chi connectivity index (χ4n) is 2.37. The molecule has 1 aliphatic heterocycles. The van der Waals surface area contributed by atoms with Gasteiger partial charge >= 0.3 is 12.1 Å². The summed E-state index contributed by atoms with van der Waals surface area (Å²) in [6.07, 6.45) is -0.654. The Morgan fingerprint density at radius 1 is 1.43 bits per heavy atom. The molecule has 122 valence electrons. The van der Waals surface area contributed by atoms with Gasteiger partial charge in [0.15, 0.2) is 5.69 Å². The number of pyridine rings is 1. The molecule has 23 heavy (non-hydrogen) atoms. The van der Waals surface area contributed by atoms with Crippen molar-refractivity contribution in [1.29, 1.82) is 0 Å². The highest BCUT2D eigenvalue weighted by Crippen LogP contribution is 2.33. The van der Waals surface area contributed by atoms with Crippen molar-refractivity contribution in [3.05, 3.63) is 41.4 Å². The molecule has 0 bridgehead atoms. The second kappa shape index (κ2) is 5.69. The van der Waals surface area contributed by atoms with Gasteiger partial charge in [0.1, 0.15) is 5.65 Å². The van der Waals surface area contributed by atoms with E-state index in [1.165, 1.54) is 10.6 Å². The quantitative estimate of drug-likeness (QED) is 0.814. The highest BCUT2D eigenvalue weighted by Gasteiger charge is 2.33.